The van der Waals surface area contributed by atoms with Crippen LogP contribution in [0.3, 0.4) is 0 Å². The summed E-state index contributed by atoms with van der Waals surface area (Å²) in [6.07, 6.45) is -0.253. The third-order valence-corrected chi connectivity index (χ3v) is 5.24. The smallest absolute Gasteiger partial charge is 0.376 e. The summed E-state index contributed by atoms with van der Waals surface area (Å²) in [6, 6.07) is 0.883. The maximum absolute atomic E-state index is 13.8. The molecule has 1 saturated heterocycles. The van der Waals surface area contributed by atoms with E-state index in [2.05, 4.69) is 15.1 Å². The number of rotatable bonds is 4. The summed E-state index contributed by atoms with van der Waals surface area (Å²) < 4.78 is 50.1. The highest BCUT2D eigenvalue weighted by Gasteiger charge is 2.36. The number of aromatic amines is 1. The number of nitrogens with one attached hydrogen (secondary N) is 1. The lowest BCUT2D eigenvalue weighted by molar-refractivity contribution is -0.136. The average molecular weight is 425 g/mol. The second-order valence-electron chi connectivity index (χ2n) is 6.84. The fraction of sp³-hybridized carbons (Fsp3) is 0.444. The lowest BCUT2D eigenvalue weighted by Gasteiger charge is -2.17. The summed E-state index contributed by atoms with van der Waals surface area (Å²) in [7, 11) is 0. The molecule has 1 N–H and O–H groups in total. The van der Waals surface area contributed by atoms with Crippen molar-refractivity contribution in [2.45, 2.75) is 45.1 Å². The minimum absolute atomic E-state index is 0.0139. The second kappa shape index (κ2) is 7.38. The quantitative estimate of drug-likeness (QED) is 0.647. The van der Waals surface area contributed by atoms with E-state index in [-0.39, 0.29) is 28.8 Å². The number of H-pyrrole nitrogens is 1. The summed E-state index contributed by atoms with van der Waals surface area (Å²) in [5, 5.41) is 3.57. The number of nitrogens with zero attached hydrogens (tertiary/aromatic N) is 4. The minimum atomic E-state index is -4.74. The molecule has 154 valence electrons. The molecule has 7 nitrogen and oxygen atoms in total. The highest BCUT2D eigenvalue weighted by molar-refractivity contribution is 7.71. The van der Waals surface area contributed by atoms with Crippen LogP contribution in [0.4, 0.5) is 13.2 Å². The Morgan fingerprint density at radius 2 is 2.21 bits per heavy atom. The van der Waals surface area contributed by atoms with E-state index in [4.69, 9.17) is 17.0 Å². The summed E-state index contributed by atoms with van der Waals surface area (Å²) in [6.45, 7) is 3.23. The van der Waals surface area contributed by atoms with Gasteiger partial charge in [0.1, 0.15) is 5.65 Å². The average Bonchev–Trinajstić information content (AvgIpc) is 3.35. The number of halogens is 3. The molecule has 0 amide bonds. The Labute approximate surface area is 168 Å². The van der Waals surface area contributed by atoms with Gasteiger partial charge >= 0.3 is 6.18 Å². The molecule has 4 heterocycles. The van der Waals surface area contributed by atoms with Gasteiger partial charge in [0.2, 0.25) is 0 Å². The molecular weight excluding hydrogens is 407 g/mol. The number of hydrogen-bond acceptors (Lipinski definition) is 5. The summed E-state index contributed by atoms with van der Waals surface area (Å²) in [4.78, 5) is 19.2. The number of alkyl halides is 3. The Morgan fingerprint density at radius 3 is 2.83 bits per heavy atom. The van der Waals surface area contributed by atoms with E-state index in [9.17, 15) is 18.0 Å². The first-order valence-electron chi connectivity index (χ1n) is 9.17. The molecule has 0 bridgehead atoms. The van der Waals surface area contributed by atoms with Gasteiger partial charge in [-0.1, -0.05) is 0 Å². The van der Waals surface area contributed by atoms with Crippen LogP contribution in [0.25, 0.3) is 22.3 Å². The fourth-order valence-electron chi connectivity index (χ4n) is 3.48. The molecule has 0 aliphatic carbocycles. The van der Waals surface area contributed by atoms with Crippen molar-refractivity contribution < 1.29 is 17.9 Å². The largest absolute Gasteiger partial charge is 0.417 e. The van der Waals surface area contributed by atoms with Gasteiger partial charge in [-0.15, -0.1) is 0 Å². The molecule has 1 aliphatic heterocycles. The van der Waals surface area contributed by atoms with Crippen molar-refractivity contribution in [2.75, 3.05) is 6.61 Å². The summed E-state index contributed by atoms with van der Waals surface area (Å²) >= 11 is 5.24. The number of pyridine rings is 1. The van der Waals surface area contributed by atoms with Crippen molar-refractivity contribution in [1.29, 1.82) is 0 Å². The lowest BCUT2D eigenvalue weighted by atomic mass is 10.1. The predicted molar refractivity (Wildman–Crippen MR) is 102 cm³/mol. The molecular formula is C18H18F3N5O2S. The number of hydrogen-bond donors (Lipinski definition) is 1. The lowest BCUT2D eigenvalue weighted by Crippen LogP contribution is -2.24. The van der Waals surface area contributed by atoms with Gasteiger partial charge in [0.05, 0.1) is 35.5 Å². The zero-order valence-corrected chi connectivity index (χ0v) is 16.3. The third-order valence-electron chi connectivity index (χ3n) is 4.92. The Hall–Kier alpha value is -2.53. The number of aryl methyl sites for hydroxylation is 1. The molecule has 0 radical (unpaired) electrons. The van der Waals surface area contributed by atoms with Gasteiger partial charge in [0.25, 0.3) is 5.56 Å². The SMILES string of the molecule is CCn1cc(-c2cc(C(F)(F)F)c3c(=O)[nH]c(=S)n(CC4CCCO4)c3n2)cn1. The molecule has 11 heteroatoms. The summed E-state index contributed by atoms with van der Waals surface area (Å²) in [5.41, 5.74) is -1.58. The van der Waals surface area contributed by atoms with Gasteiger partial charge in [-0.3, -0.25) is 19.0 Å². The van der Waals surface area contributed by atoms with Crippen LogP contribution in [0.5, 0.6) is 0 Å². The van der Waals surface area contributed by atoms with Crippen LogP contribution in [-0.2, 0) is 24.0 Å². The molecule has 0 saturated carbocycles. The first-order valence-corrected chi connectivity index (χ1v) is 9.58. The van der Waals surface area contributed by atoms with E-state index in [1.807, 2.05) is 6.92 Å². The van der Waals surface area contributed by atoms with Crippen LogP contribution in [0.15, 0.2) is 23.3 Å². The molecule has 0 aromatic carbocycles. The van der Waals surface area contributed by atoms with Crippen molar-refractivity contribution in [3.63, 3.8) is 0 Å². The Bertz CT molecular complexity index is 1170. The first-order chi connectivity index (χ1) is 13.8. The van der Waals surface area contributed by atoms with Gasteiger partial charge < -0.3 is 4.74 Å². The van der Waals surface area contributed by atoms with Crippen LogP contribution >= 0.6 is 12.2 Å². The number of aromatic nitrogens is 5. The van der Waals surface area contributed by atoms with Crippen LogP contribution in [0.2, 0.25) is 0 Å². The highest BCUT2D eigenvalue weighted by Crippen LogP contribution is 2.35. The van der Waals surface area contributed by atoms with E-state index >= 15 is 0 Å². The van der Waals surface area contributed by atoms with Crippen LogP contribution in [0, 0.1) is 4.77 Å². The van der Waals surface area contributed by atoms with Gasteiger partial charge in [0.15, 0.2) is 4.77 Å². The first kappa shape index (κ1) is 19.8. The van der Waals surface area contributed by atoms with Crippen LogP contribution in [0.1, 0.15) is 25.3 Å². The van der Waals surface area contributed by atoms with Crippen LogP contribution < -0.4 is 5.56 Å². The molecule has 0 spiro atoms. The second-order valence-corrected chi connectivity index (χ2v) is 7.23. The molecule has 1 aliphatic rings. The van der Waals surface area contributed by atoms with E-state index in [1.165, 1.54) is 10.8 Å². The van der Waals surface area contributed by atoms with Gasteiger partial charge in [-0.05, 0) is 38.0 Å². The zero-order chi connectivity index (χ0) is 20.8. The monoisotopic (exact) mass is 425 g/mol. The summed E-state index contributed by atoms with van der Waals surface area (Å²) in [5.74, 6) is 0. The zero-order valence-electron chi connectivity index (χ0n) is 15.5. The molecule has 3 aromatic rings. The van der Waals surface area contributed by atoms with Gasteiger partial charge in [-0.2, -0.15) is 18.3 Å². The molecule has 1 fully saturated rings. The molecule has 1 unspecified atom stereocenters. The van der Waals surface area contributed by atoms with E-state index in [1.54, 1.807) is 10.9 Å². The fourth-order valence-corrected chi connectivity index (χ4v) is 3.73. The van der Waals surface area contributed by atoms with Gasteiger partial charge in [0, 0.05) is 24.9 Å². The maximum Gasteiger partial charge on any atom is 0.417 e. The van der Waals surface area contributed by atoms with Crippen molar-refractivity contribution in [3.05, 3.63) is 39.1 Å². The Balaban J connectivity index is 2.01. The number of ether oxygens (including phenoxy) is 1. The Kier molecular flexibility index (Phi) is 5.03. The van der Waals surface area contributed by atoms with Crippen molar-refractivity contribution in [1.82, 2.24) is 24.3 Å². The standard InChI is InChI=1S/C18H18F3N5O2S/c1-2-25-8-10(7-22-25)13-6-12(18(19,20)21)14-15(23-13)26(17(29)24-16(14)27)9-11-4-3-5-28-11/h6-8,11H,2-5,9H2,1H3,(H,24,27,29). The normalized spacial score (nSPS) is 17.3. The van der Waals surface area contributed by atoms with Gasteiger partial charge in [-0.25, -0.2) is 4.98 Å². The molecule has 1 atom stereocenters. The van der Waals surface area contributed by atoms with Crippen molar-refractivity contribution >= 4 is 23.3 Å². The topological polar surface area (TPSA) is 77.7 Å². The highest BCUT2D eigenvalue weighted by atomic mass is 32.1. The van der Waals surface area contributed by atoms with Crippen molar-refractivity contribution in [3.8, 4) is 11.3 Å². The third kappa shape index (κ3) is 3.71. The maximum atomic E-state index is 13.8. The molecule has 3 aromatic heterocycles. The minimum Gasteiger partial charge on any atom is -0.376 e. The van der Waals surface area contributed by atoms with E-state index in [0.717, 1.165) is 18.9 Å². The van der Waals surface area contributed by atoms with Crippen LogP contribution in [-0.4, -0.2) is 37.0 Å². The van der Waals surface area contributed by atoms with E-state index < -0.39 is 22.7 Å². The predicted octanol–water partition coefficient (Wildman–Crippen LogP) is 3.54. The Morgan fingerprint density at radius 1 is 1.41 bits per heavy atom. The van der Waals surface area contributed by atoms with Crippen molar-refractivity contribution in [2.24, 2.45) is 0 Å². The molecule has 4 rings (SSSR count). The molecule has 29 heavy (non-hydrogen) atoms. The number of fused-ring (bicyclic) bond motifs is 1. The van der Waals surface area contributed by atoms with E-state index in [0.29, 0.717) is 18.7 Å².